The van der Waals surface area contributed by atoms with E-state index in [0.717, 1.165) is 120 Å². The molecule has 8 aliphatic heterocycles. The maximum Gasteiger partial charge on any atom is 0.303 e. The van der Waals surface area contributed by atoms with Crippen LogP contribution in [0.3, 0.4) is 0 Å². The lowest BCUT2D eigenvalue weighted by Gasteiger charge is -2.49. The van der Waals surface area contributed by atoms with Crippen molar-refractivity contribution in [1.82, 2.24) is 29.7 Å². The van der Waals surface area contributed by atoms with Crippen LogP contribution in [0.5, 0.6) is 11.5 Å². The number of carbonyl (C=O) groups is 6. The van der Waals surface area contributed by atoms with Crippen LogP contribution in [0.15, 0.2) is 42.6 Å². The van der Waals surface area contributed by atoms with Gasteiger partial charge in [-0.25, -0.2) is 4.68 Å². The Morgan fingerprint density at radius 2 is 1.24 bits per heavy atom. The molecule has 0 radical (unpaired) electrons. The second-order valence-electron chi connectivity index (χ2n) is 22.6. The fourth-order valence-electron chi connectivity index (χ4n) is 14.1. The SMILES string of the molecule is CC(=O)OCC1O[C@H](n2cc(CN3CCN(C(=O)CCOCCOCCN4C(=O)c5ccccc5C45c4cc6c7c(c4Oc4c5cc5c8c4CCCN8CCC5)CCCN7CCC6)CC3)nn2)C(OC(C)=O)[C@H](OC(C)=O)[C@H]1OC(C)=O. The minimum absolute atomic E-state index is 0.00859. The van der Waals surface area contributed by atoms with Gasteiger partial charge in [0, 0.05) is 132 Å². The molecule has 22 nitrogen and oxygen atoms in total. The van der Waals surface area contributed by atoms with E-state index in [9.17, 15) is 24.0 Å². The number of hydrogen-bond acceptors (Lipinski definition) is 19. The maximum absolute atomic E-state index is 15.1. The van der Waals surface area contributed by atoms with Gasteiger partial charge < -0.3 is 57.5 Å². The zero-order valence-corrected chi connectivity index (χ0v) is 47.2. The number of rotatable bonds is 17. The molecule has 0 bridgehead atoms. The molecule has 22 heteroatoms. The standard InChI is InChI=1S/C60H72N8O14/c1-36(69)77-35-49-55(78-37(2)70)56(79-38(3)71)57(80-39(4)72)59(81-49)68-34-42(61-62-68)33-63-22-24-64(25-23-63)50(73)17-27-75-29-30-76-28-26-67-58(74)43-13-5-6-16-46(43)60(67)47-31-40-11-7-18-65-20-9-14-44(51(40)65)53(47)82-54-45-15-10-21-66-19-8-12-41(52(45)66)32-48(54)60/h5-6,13,16,31-32,34,49,55-57,59H,7-12,14-15,17-30,33,35H2,1-4H3/t49?,55-,56+,57?,59-/m0/s1. The first-order valence-corrected chi connectivity index (χ1v) is 29.1. The zero-order chi connectivity index (χ0) is 56.8. The lowest BCUT2D eigenvalue weighted by Crippen LogP contribution is -2.60. The monoisotopic (exact) mass is 1130 g/mol. The highest BCUT2D eigenvalue weighted by atomic mass is 16.7. The number of carbonyl (C=O) groups excluding carboxylic acids is 6. The summed E-state index contributed by atoms with van der Waals surface area (Å²) in [7, 11) is 0. The predicted octanol–water partition coefficient (Wildman–Crippen LogP) is 4.55. The number of piperazine rings is 1. The van der Waals surface area contributed by atoms with Crippen molar-refractivity contribution in [1.29, 1.82) is 0 Å². The number of anilines is 2. The highest BCUT2D eigenvalue weighted by Gasteiger charge is 2.58. The van der Waals surface area contributed by atoms with Gasteiger partial charge in [0.15, 0.2) is 24.5 Å². The Kier molecular flexibility index (Phi) is 15.7. The van der Waals surface area contributed by atoms with Gasteiger partial charge in [0.1, 0.15) is 29.7 Å². The highest BCUT2D eigenvalue weighted by molar-refractivity contribution is 6.03. The van der Waals surface area contributed by atoms with E-state index in [1.165, 1.54) is 52.2 Å². The highest BCUT2D eigenvalue weighted by Crippen LogP contribution is 2.62. The first kappa shape index (κ1) is 55.4. The average molecular weight is 1130 g/mol. The van der Waals surface area contributed by atoms with Crippen LogP contribution >= 0.6 is 0 Å². The molecule has 436 valence electrons. The number of amides is 2. The quantitative estimate of drug-likeness (QED) is 0.0803. The van der Waals surface area contributed by atoms with E-state index >= 15 is 4.79 Å². The number of esters is 4. The van der Waals surface area contributed by atoms with Gasteiger partial charge in [-0.1, -0.05) is 23.4 Å². The molecule has 0 N–H and O–H groups in total. The van der Waals surface area contributed by atoms with Crippen molar-refractivity contribution in [2.45, 2.75) is 128 Å². The number of aryl methyl sites for hydroxylation is 2. The van der Waals surface area contributed by atoms with E-state index in [-0.39, 0.29) is 38.1 Å². The van der Waals surface area contributed by atoms with E-state index in [1.807, 2.05) is 17.0 Å². The average Bonchev–Trinajstić information content (AvgIpc) is 2.37. The van der Waals surface area contributed by atoms with Crippen molar-refractivity contribution in [3.8, 4) is 11.5 Å². The number of aromatic nitrogens is 3. The summed E-state index contributed by atoms with van der Waals surface area (Å²) in [5.41, 5.74) is 11.4. The Hall–Kier alpha value is -7.14. The summed E-state index contributed by atoms with van der Waals surface area (Å²) < 4.78 is 49.1. The molecular formula is C60H72N8O14. The van der Waals surface area contributed by atoms with Crippen LogP contribution in [0, 0.1) is 0 Å². The molecule has 0 aliphatic carbocycles. The Balaban J connectivity index is 0.665. The van der Waals surface area contributed by atoms with Gasteiger partial charge >= 0.3 is 23.9 Å². The molecule has 2 fully saturated rings. The van der Waals surface area contributed by atoms with Crippen LogP contribution < -0.4 is 14.5 Å². The molecule has 2 amide bonds. The normalized spacial score (nSPS) is 23.0. The number of nitrogens with zero attached hydrogens (tertiary/aromatic N) is 8. The lowest BCUT2D eigenvalue weighted by atomic mass is 9.70. The zero-order valence-electron chi connectivity index (χ0n) is 47.2. The summed E-state index contributed by atoms with van der Waals surface area (Å²) in [6, 6.07) is 13.0. The van der Waals surface area contributed by atoms with E-state index < -0.39 is 60.1 Å². The molecule has 5 atom stereocenters. The molecular weight excluding hydrogens is 1060 g/mol. The van der Waals surface area contributed by atoms with E-state index in [0.29, 0.717) is 63.7 Å². The molecule has 4 aromatic rings. The number of fused-ring (bicyclic) bond motifs is 8. The minimum Gasteiger partial charge on any atom is -0.463 e. The molecule has 3 aromatic carbocycles. The third kappa shape index (κ3) is 10.3. The second kappa shape index (κ2) is 23.3. The second-order valence-corrected chi connectivity index (χ2v) is 22.6. The van der Waals surface area contributed by atoms with Gasteiger partial charge in [0.05, 0.1) is 44.7 Å². The van der Waals surface area contributed by atoms with Gasteiger partial charge in [-0.2, -0.15) is 0 Å². The fraction of sp³-hybridized carbons (Fsp3) is 0.567. The topological polar surface area (TPSA) is 223 Å². The van der Waals surface area contributed by atoms with Gasteiger partial charge in [-0.05, 0) is 86.3 Å². The molecule has 8 aliphatic rings. The van der Waals surface area contributed by atoms with Crippen LogP contribution in [-0.2, 0) is 94.9 Å². The Labute approximate surface area is 476 Å². The van der Waals surface area contributed by atoms with Crippen molar-refractivity contribution in [3.05, 3.63) is 92.8 Å². The summed E-state index contributed by atoms with van der Waals surface area (Å²) in [4.78, 5) is 88.3. The minimum atomic E-state index is -1.35. The van der Waals surface area contributed by atoms with Crippen molar-refractivity contribution in [2.24, 2.45) is 0 Å². The Morgan fingerprint density at radius 3 is 1.87 bits per heavy atom. The maximum atomic E-state index is 15.1. The largest absolute Gasteiger partial charge is 0.463 e. The van der Waals surface area contributed by atoms with Crippen LogP contribution in [-0.4, -0.2) is 182 Å². The summed E-state index contributed by atoms with van der Waals surface area (Å²) >= 11 is 0. The number of ether oxygens (including phenoxy) is 8. The van der Waals surface area contributed by atoms with Crippen molar-refractivity contribution in [3.63, 3.8) is 0 Å². The summed E-state index contributed by atoms with van der Waals surface area (Å²) in [5, 5.41) is 8.60. The number of hydrogen-bond donors (Lipinski definition) is 0. The lowest BCUT2D eigenvalue weighted by molar-refractivity contribution is -0.270. The predicted molar refractivity (Wildman–Crippen MR) is 293 cm³/mol. The van der Waals surface area contributed by atoms with Crippen LogP contribution in [0.1, 0.15) is 121 Å². The summed E-state index contributed by atoms with van der Waals surface area (Å²) in [6.45, 7) is 12.5. The van der Waals surface area contributed by atoms with Crippen LogP contribution in [0.4, 0.5) is 11.4 Å². The van der Waals surface area contributed by atoms with E-state index in [4.69, 9.17) is 37.9 Å². The molecule has 82 heavy (non-hydrogen) atoms. The summed E-state index contributed by atoms with van der Waals surface area (Å²) in [6.07, 6.45) is 3.65. The first-order valence-electron chi connectivity index (χ1n) is 29.1. The van der Waals surface area contributed by atoms with Crippen molar-refractivity contribution < 1.29 is 66.7 Å². The fourth-order valence-corrected chi connectivity index (χ4v) is 14.1. The van der Waals surface area contributed by atoms with Gasteiger partial charge in [-0.3, -0.25) is 33.7 Å². The van der Waals surface area contributed by atoms with Gasteiger partial charge in [-0.15, -0.1) is 5.10 Å². The molecule has 2 saturated heterocycles. The van der Waals surface area contributed by atoms with E-state index in [1.54, 1.807) is 6.20 Å². The molecule has 0 saturated carbocycles. The van der Waals surface area contributed by atoms with Gasteiger partial charge in [0.25, 0.3) is 5.91 Å². The van der Waals surface area contributed by atoms with Crippen LogP contribution in [0.25, 0.3) is 0 Å². The van der Waals surface area contributed by atoms with Crippen molar-refractivity contribution in [2.75, 3.05) is 102 Å². The molecule has 1 aromatic heterocycles. The smallest absolute Gasteiger partial charge is 0.303 e. The van der Waals surface area contributed by atoms with E-state index in [2.05, 4.69) is 54.2 Å². The Bertz CT molecular complexity index is 3070. The third-order valence-electron chi connectivity index (χ3n) is 17.3. The van der Waals surface area contributed by atoms with Gasteiger partial charge in [0.2, 0.25) is 5.91 Å². The summed E-state index contributed by atoms with van der Waals surface area (Å²) in [5.74, 6) is -0.983. The van der Waals surface area contributed by atoms with Crippen molar-refractivity contribution >= 4 is 47.1 Å². The number of benzene rings is 3. The molecule has 2 unspecified atom stereocenters. The third-order valence-corrected chi connectivity index (χ3v) is 17.3. The Morgan fingerprint density at radius 1 is 0.659 bits per heavy atom. The molecule has 9 heterocycles. The molecule has 1 spiro atoms. The first-order chi connectivity index (χ1) is 39.8. The van der Waals surface area contributed by atoms with Crippen LogP contribution in [0.2, 0.25) is 0 Å². The molecule has 12 rings (SSSR count).